The molecule has 0 saturated heterocycles. The van der Waals surface area contributed by atoms with Crippen molar-refractivity contribution < 1.29 is 26.2 Å². The molecule has 0 amide bonds. The van der Waals surface area contributed by atoms with Crippen LogP contribution in [0.4, 0.5) is 0 Å². The zero-order valence-electron chi connectivity index (χ0n) is 37.3. The number of para-hydroxylation sites is 1. The van der Waals surface area contributed by atoms with E-state index in [9.17, 15) is 5.11 Å². The predicted octanol–water partition coefficient (Wildman–Crippen LogP) is 14.5. The predicted molar refractivity (Wildman–Crippen MR) is 255 cm³/mol. The first-order valence-electron chi connectivity index (χ1n) is 21.2. The van der Waals surface area contributed by atoms with E-state index < -0.39 is 0 Å². The van der Waals surface area contributed by atoms with E-state index in [1.807, 2.05) is 24.5 Å². The average Bonchev–Trinajstić information content (AvgIpc) is 3.61. The fourth-order valence-corrected chi connectivity index (χ4v) is 8.42. The second-order valence-corrected chi connectivity index (χ2v) is 19.6. The summed E-state index contributed by atoms with van der Waals surface area (Å²) in [5, 5.41) is 13.9. The molecule has 314 valence electrons. The number of hydrogen-bond acceptors (Lipinski definition) is 4. The Balaban J connectivity index is 0.00000529. The molecule has 9 aromatic rings. The maximum Gasteiger partial charge on any atom is 0.148 e. The van der Waals surface area contributed by atoms with E-state index in [1.54, 1.807) is 6.07 Å². The normalized spacial score (nSPS) is 12.3. The molecule has 1 N–H and O–H groups in total. The van der Waals surface area contributed by atoms with Crippen molar-refractivity contribution in [3.05, 3.63) is 162 Å². The van der Waals surface area contributed by atoms with Crippen molar-refractivity contribution in [2.45, 2.75) is 85.5 Å². The third kappa shape index (κ3) is 7.77. The van der Waals surface area contributed by atoms with Gasteiger partial charge in [0.2, 0.25) is 0 Å². The molecule has 0 unspecified atom stereocenters. The Bertz CT molecular complexity index is 3150. The van der Waals surface area contributed by atoms with Gasteiger partial charge in [0.15, 0.2) is 0 Å². The minimum Gasteiger partial charge on any atom is -0.507 e. The smallest absolute Gasteiger partial charge is 0.148 e. The van der Waals surface area contributed by atoms with Gasteiger partial charge in [-0.1, -0.05) is 134 Å². The van der Waals surface area contributed by atoms with Crippen molar-refractivity contribution in [1.82, 2.24) is 19.5 Å². The first kappa shape index (κ1) is 42.8. The van der Waals surface area contributed by atoms with Crippen LogP contribution in [-0.2, 0) is 37.3 Å². The van der Waals surface area contributed by atoms with Gasteiger partial charge in [-0.05, 0) is 98.8 Å². The van der Waals surface area contributed by atoms with Gasteiger partial charge in [0, 0.05) is 55.6 Å². The number of aromatic hydroxyl groups is 1. The van der Waals surface area contributed by atoms with Crippen LogP contribution in [0.5, 0.6) is 5.75 Å². The van der Waals surface area contributed by atoms with E-state index >= 15 is 0 Å². The Hall–Kier alpha value is -5.90. The van der Waals surface area contributed by atoms with Crippen molar-refractivity contribution in [3.63, 3.8) is 0 Å². The Morgan fingerprint density at radius 1 is 0.532 bits per heavy atom. The summed E-state index contributed by atoms with van der Waals surface area (Å²) in [7, 11) is 0. The summed E-state index contributed by atoms with van der Waals surface area (Å²) in [4.78, 5) is 15.4. The molecule has 5 nitrogen and oxygen atoms in total. The fourth-order valence-electron chi connectivity index (χ4n) is 8.42. The van der Waals surface area contributed by atoms with Crippen molar-refractivity contribution in [2.24, 2.45) is 0 Å². The maximum atomic E-state index is 11.7. The fraction of sp³-hybridized carbons (Fsp3) is 0.232. The molecule has 0 aliphatic carbocycles. The standard InChI is InChI=1S/C56H53N4O.Pt/c1-34-25-27-58-51-44(34)32-41(56(8,9)10)33-46(51)37-16-11-15-36(28-37)45-29-38(43-18-12-14-35-17-13-26-57-50(35)43)30-48-52(45)59-53(47-31-40(55(5,6)7)21-24-49(47)61)60(48)42-22-19-39(20-23-42)54(2,3)4;/h11-27,29-33,61H,1-10H3;/q-1;. The summed E-state index contributed by atoms with van der Waals surface area (Å²) in [6.45, 7) is 22.2. The summed E-state index contributed by atoms with van der Waals surface area (Å²) in [5.41, 5.74) is 15.7. The van der Waals surface area contributed by atoms with Crippen LogP contribution in [0.15, 0.2) is 134 Å². The molecule has 9 rings (SSSR count). The van der Waals surface area contributed by atoms with Crippen molar-refractivity contribution in [3.8, 4) is 56.2 Å². The number of phenolic OH excluding ortho intramolecular Hbond substituents is 1. The Kier molecular flexibility index (Phi) is 10.9. The van der Waals surface area contributed by atoms with Gasteiger partial charge in [0.1, 0.15) is 11.6 Å². The molecule has 0 aliphatic heterocycles. The van der Waals surface area contributed by atoms with Crippen LogP contribution < -0.4 is 0 Å². The number of aryl methyl sites for hydroxylation is 1. The van der Waals surface area contributed by atoms with Crippen LogP contribution in [0.1, 0.15) is 84.6 Å². The molecule has 0 fully saturated rings. The van der Waals surface area contributed by atoms with Crippen LogP contribution in [0.3, 0.4) is 0 Å². The molecular weight excluding hydrogens is 940 g/mol. The minimum atomic E-state index is -0.148. The summed E-state index contributed by atoms with van der Waals surface area (Å²) in [6.07, 6.45) is 3.76. The molecule has 6 aromatic carbocycles. The summed E-state index contributed by atoms with van der Waals surface area (Å²) in [5.74, 6) is 0.842. The molecule has 3 aromatic heterocycles. The molecule has 0 spiro atoms. The van der Waals surface area contributed by atoms with E-state index in [0.29, 0.717) is 11.4 Å². The van der Waals surface area contributed by atoms with Gasteiger partial charge in [0.05, 0.1) is 22.1 Å². The summed E-state index contributed by atoms with van der Waals surface area (Å²) in [6, 6.07) is 46.6. The van der Waals surface area contributed by atoms with Gasteiger partial charge in [-0.15, -0.1) is 35.4 Å². The molecule has 0 bridgehead atoms. The van der Waals surface area contributed by atoms with Crippen molar-refractivity contribution in [1.29, 1.82) is 0 Å². The van der Waals surface area contributed by atoms with Crippen molar-refractivity contribution in [2.75, 3.05) is 0 Å². The van der Waals surface area contributed by atoms with Gasteiger partial charge in [-0.2, -0.15) is 0 Å². The van der Waals surface area contributed by atoms with Crippen LogP contribution in [0, 0.1) is 13.0 Å². The molecule has 0 aliphatic rings. The molecule has 0 saturated carbocycles. The van der Waals surface area contributed by atoms with Gasteiger partial charge in [-0.3, -0.25) is 14.5 Å². The molecule has 6 heteroatoms. The second kappa shape index (κ2) is 15.8. The van der Waals surface area contributed by atoms with Crippen LogP contribution >= 0.6 is 0 Å². The third-order valence-electron chi connectivity index (χ3n) is 12.1. The monoisotopic (exact) mass is 992 g/mol. The van der Waals surface area contributed by atoms with Crippen LogP contribution in [0.2, 0.25) is 0 Å². The van der Waals surface area contributed by atoms with E-state index in [0.717, 1.165) is 77.5 Å². The Morgan fingerprint density at radius 3 is 1.84 bits per heavy atom. The Morgan fingerprint density at radius 2 is 1.15 bits per heavy atom. The molecule has 3 heterocycles. The number of aromatic nitrogens is 4. The van der Waals surface area contributed by atoms with Gasteiger partial charge >= 0.3 is 0 Å². The minimum absolute atomic E-state index is 0. The SMILES string of the molecule is Cc1ccnc2c(-c3[c-]c(-c4cc(-c5cccc6cccnc56)cc5c4nc(-c4cc(C(C)(C)C)ccc4O)n5-c4ccc(C(C)(C)C)cc4)ccc3)cc(C(C)(C)C)cc12.[Pt]. The van der Waals surface area contributed by atoms with Gasteiger partial charge < -0.3 is 5.11 Å². The number of benzene rings is 6. The Labute approximate surface area is 380 Å². The number of imidazole rings is 1. The quantitative estimate of drug-likeness (QED) is 0.175. The van der Waals surface area contributed by atoms with Gasteiger partial charge in [-0.25, -0.2) is 4.98 Å². The molecule has 0 radical (unpaired) electrons. The topological polar surface area (TPSA) is 63.8 Å². The maximum absolute atomic E-state index is 11.7. The second-order valence-electron chi connectivity index (χ2n) is 19.6. The number of fused-ring (bicyclic) bond motifs is 3. The van der Waals surface area contributed by atoms with E-state index in [-0.39, 0.29) is 43.1 Å². The number of hydrogen-bond donors (Lipinski definition) is 1. The number of rotatable bonds is 5. The van der Waals surface area contributed by atoms with Crippen LogP contribution in [0.25, 0.3) is 83.3 Å². The largest absolute Gasteiger partial charge is 0.507 e. The summed E-state index contributed by atoms with van der Waals surface area (Å²) >= 11 is 0. The molecule has 62 heavy (non-hydrogen) atoms. The average molecular weight is 993 g/mol. The van der Waals surface area contributed by atoms with Gasteiger partial charge in [0.25, 0.3) is 0 Å². The number of phenols is 1. The van der Waals surface area contributed by atoms with E-state index in [4.69, 9.17) is 15.0 Å². The third-order valence-corrected chi connectivity index (χ3v) is 12.1. The zero-order chi connectivity index (χ0) is 43.0. The summed E-state index contributed by atoms with van der Waals surface area (Å²) < 4.78 is 2.21. The van der Waals surface area contributed by atoms with E-state index in [1.165, 1.54) is 16.7 Å². The first-order chi connectivity index (χ1) is 29.0. The number of nitrogens with zero attached hydrogens (tertiary/aromatic N) is 4. The first-order valence-corrected chi connectivity index (χ1v) is 21.2. The zero-order valence-corrected chi connectivity index (χ0v) is 39.5. The van der Waals surface area contributed by atoms with Crippen LogP contribution in [-0.4, -0.2) is 24.6 Å². The molecule has 0 atom stereocenters. The molecular formula is C56H53N4OPt-. The van der Waals surface area contributed by atoms with E-state index in [2.05, 4.69) is 183 Å². The number of pyridine rings is 2. The van der Waals surface area contributed by atoms with Crippen molar-refractivity contribution >= 4 is 32.8 Å².